The van der Waals surface area contributed by atoms with E-state index < -0.39 is 21.7 Å². The van der Waals surface area contributed by atoms with Crippen molar-refractivity contribution in [2.45, 2.75) is 30.2 Å². The molecule has 0 amide bonds. The van der Waals surface area contributed by atoms with Gasteiger partial charge in [-0.1, -0.05) is 6.07 Å². The Labute approximate surface area is 209 Å². The smallest absolute Gasteiger partial charge is 0.243 e. The van der Waals surface area contributed by atoms with Crippen LogP contribution in [-0.4, -0.2) is 45.4 Å². The molecule has 1 unspecified atom stereocenters. The van der Waals surface area contributed by atoms with Gasteiger partial charge in [-0.15, -0.1) is 0 Å². The summed E-state index contributed by atoms with van der Waals surface area (Å²) in [5, 5.41) is 7.75. The van der Waals surface area contributed by atoms with Crippen molar-refractivity contribution in [1.82, 2.24) is 23.9 Å². The minimum absolute atomic E-state index is 0.179. The molecule has 5 rings (SSSR count). The van der Waals surface area contributed by atoms with Crippen molar-refractivity contribution in [1.29, 1.82) is 0 Å². The van der Waals surface area contributed by atoms with Gasteiger partial charge in [0.15, 0.2) is 17.3 Å². The molecule has 1 aromatic carbocycles. The number of nitrogens with zero attached hydrogens (tertiary/aromatic N) is 5. The zero-order chi connectivity index (χ0) is 24.6. The number of fused-ring (bicyclic) bond motifs is 1. The van der Waals surface area contributed by atoms with Crippen molar-refractivity contribution in [3.05, 3.63) is 82.4 Å². The van der Waals surface area contributed by atoms with E-state index in [1.165, 1.54) is 4.31 Å². The summed E-state index contributed by atoms with van der Waals surface area (Å²) < 4.78 is 57.1. The molecule has 1 saturated heterocycles. The van der Waals surface area contributed by atoms with Crippen LogP contribution in [0.5, 0.6) is 0 Å². The number of sulfonamides is 1. The molecule has 1 N–H and O–H groups in total. The molecular weight excluding hydrogens is 542 g/mol. The van der Waals surface area contributed by atoms with Crippen molar-refractivity contribution >= 4 is 37.4 Å². The molecule has 0 aliphatic carbocycles. The lowest BCUT2D eigenvalue weighted by atomic mass is 9.96. The number of hydrogen-bond donors (Lipinski definition) is 1. The Hall–Kier alpha value is -2.96. The Morgan fingerprint density at radius 3 is 2.77 bits per heavy atom. The number of pyridine rings is 1. The predicted octanol–water partition coefficient (Wildman–Crippen LogP) is 4.35. The average Bonchev–Trinajstić information content (AvgIpc) is 3.25. The summed E-state index contributed by atoms with van der Waals surface area (Å²) in [6, 6.07) is 8.34. The van der Waals surface area contributed by atoms with Crippen LogP contribution in [0.4, 0.5) is 14.6 Å². The topological polar surface area (TPSA) is 92.5 Å². The molecule has 1 atom stereocenters. The van der Waals surface area contributed by atoms with Crippen LogP contribution in [0.15, 0.2) is 64.4 Å². The summed E-state index contributed by atoms with van der Waals surface area (Å²) in [7, 11) is -3.99. The standard InChI is InChI=1S/C23H21BrF2N6O2S/c24-18-13-29-32-22(28-12-15-3-1-7-27-11-15)10-21(30-23(18)32)16-4-2-8-31(14-16)35(33,34)17-5-6-19(25)20(26)9-17/h1,3,5-7,9-11,13,16,28H,2,4,8,12,14H2. The van der Waals surface area contributed by atoms with Crippen LogP contribution in [0.3, 0.4) is 0 Å². The van der Waals surface area contributed by atoms with Crippen molar-refractivity contribution in [3.8, 4) is 0 Å². The second-order valence-corrected chi connectivity index (χ2v) is 11.1. The molecule has 4 heterocycles. The van der Waals surface area contributed by atoms with Crippen LogP contribution in [0.25, 0.3) is 5.65 Å². The van der Waals surface area contributed by atoms with Crippen molar-refractivity contribution in [2.75, 3.05) is 18.4 Å². The summed E-state index contributed by atoms with van der Waals surface area (Å²) in [6.07, 6.45) is 6.48. The Morgan fingerprint density at radius 2 is 2.00 bits per heavy atom. The number of nitrogens with one attached hydrogen (secondary N) is 1. The van der Waals surface area contributed by atoms with Crippen LogP contribution < -0.4 is 5.32 Å². The molecule has 3 aromatic heterocycles. The van der Waals surface area contributed by atoms with E-state index in [0.717, 1.165) is 35.9 Å². The molecule has 0 spiro atoms. The van der Waals surface area contributed by atoms with Gasteiger partial charge in [0.25, 0.3) is 0 Å². The first-order chi connectivity index (χ1) is 16.8. The van der Waals surface area contributed by atoms with Gasteiger partial charge in [-0.2, -0.15) is 13.9 Å². The summed E-state index contributed by atoms with van der Waals surface area (Å²) in [5.74, 6) is -1.76. The van der Waals surface area contributed by atoms with E-state index in [1.807, 2.05) is 18.2 Å². The highest BCUT2D eigenvalue weighted by Gasteiger charge is 2.32. The first-order valence-electron chi connectivity index (χ1n) is 10.9. The first kappa shape index (κ1) is 23.8. The molecule has 4 aromatic rings. The van der Waals surface area contributed by atoms with E-state index in [-0.39, 0.29) is 17.4 Å². The van der Waals surface area contributed by atoms with Gasteiger partial charge in [0, 0.05) is 44.0 Å². The maximum absolute atomic E-state index is 13.7. The molecule has 35 heavy (non-hydrogen) atoms. The average molecular weight is 563 g/mol. The van der Waals surface area contributed by atoms with Crippen molar-refractivity contribution in [2.24, 2.45) is 0 Å². The van der Waals surface area contributed by atoms with Gasteiger partial charge in [0.1, 0.15) is 5.82 Å². The van der Waals surface area contributed by atoms with Gasteiger partial charge in [-0.05, 0) is 58.6 Å². The third-order valence-corrected chi connectivity index (χ3v) is 8.40. The summed E-state index contributed by atoms with van der Waals surface area (Å²) in [4.78, 5) is 8.63. The van der Waals surface area contributed by atoms with E-state index in [1.54, 1.807) is 23.1 Å². The second kappa shape index (κ2) is 9.59. The van der Waals surface area contributed by atoms with Gasteiger partial charge < -0.3 is 5.32 Å². The number of hydrogen-bond acceptors (Lipinski definition) is 6. The van der Waals surface area contributed by atoms with Crippen LogP contribution in [0.1, 0.15) is 30.0 Å². The molecule has 1 aliphatic rings. The second-order valence-electron chi connectivity index (χ2n) is 8.29. The first-order valence-corrected chi connectivity index (χ1v) is 13.2. The van der Waals surface area contributed by atoms with Crippen LogP contribution in [0.2, 0.25) is 0 Å². The van der Waals surface area contributed by atoms with Crippen molar-refractivity contribution < 1.29 is 17.2 Å². The lowest BCUT2D eigenvalue weighted by Gasteiger charge is -2.32. The highest BCUT2D eigenvalue weighted by atomic mass is 79.9. The Balaban J connectivity index is 1.44. The Kier molecular flexibility index (Phi) is 6.51. The molecule has 0 radical (unpaired) electrons. The lowest BCUT2D eigenvalue weighted by molar-refractivity contribution is 0.312. The summed E-state index contributed by atoms with van der Waals surface area (Å²) in [5.41, 5.74) is 2.32. The fraction of sp³-hybridized carbons (Fsp3) is 0.261. The number of anilines is 1. The van der Waals surface area contributed by atoms with Gasteiger partial charge in [-0.25, -0.2) is 22.2 Å². The normalized spacial score (nSPS) is 17.1. The van der Waals surface area contributed by atoms with Crippen molar-refractivity contribution in [3.63, 3.8) is 0 Å². The van der Waals surface area contributed by atoms with Gasteiger partial charge >= 0.3 is 0 Å². The van der Waals surface area contributed by atoms with E-state index in [2.05, 4.69) is 31.3 Å². The number of benzene rings is 1. The van der Waals surface area contributed by atoms with E-state index >= 15 is 0 Å². The molecule has 1 fully saturated rings. The maximum atomic E-state index is 13.7. The quantitative estimate of drug-likeness (QED) is 0.375. The largest absolute Gasteiger partial charge is 0.366 e. The van der Waals surface area contributed by atoms with E-state index in [4.69, 9.17) is 4.98 Å². The highest BCUT2D eigenvalue weighted by molar-refractivity contribution is 9.10. The number of halogens is 3. The fourth-order valence-electron chi connectivity index (χ4n) is 4.17. The summed E-state index contributed by atoms with van der Waals surface area (Å²) in [6.45, 7) is 0.992. The van der Waals surface area contributed by atoms with Gasteiger partial charge in [0.2, 0.25) is 10.0 Å². The molecule has 8 nitrogen and oxygen atoms in total. The van der Waals surface area contributed by atoms with Gasteiger partial charge in [-0.3, -0.25) is 4.98 Å². The van der Waals surface area contributed by atoms with Crippen LogP contribution >= 0.6 is 15.9 Å². The molecule has 182 valence electrons. The van der Waals surface area contributed by atoms with Crippen LogP contribution in [0, 0.1) is 11.6 Å². The SMILES string of the molecule is O=S(=O)(c1ccc(F)c(F)c1)N1CCCC(c2cc(NCc3cccnc3)n3ncc(Br)c3n2)C1. The Bertz CT molecular complexity index is 1480. The number of rotatable bonds is 6. The predicted molar refractivity (Wildman–Crippen MR) is 129 cm³/mol. The maximum Gasteiger partial charge on any atom is 0.243 e. The van der Waals surface area contributed by atoms with E-state index in [0.29, 0.717) is 35.4 Å². The highest BCUT2D eigenvalue weighted by Crippen LogP contribution is 2.32. The monoisotopic (exact) mass is 562 g/mol. The molecule has 1 aliphatic heterocycles. The minimum Gasteiger partial charge on any atom is -0.366 e. The zero-order valence-corrected chi connectivity index (χ0v) is 20.8. The molecule has 0 bridgehead atoms. The van der Waals surface area contributed by atoms with Gasteiger partial charge in [0.05, 0.1) is 21.3 Å². The van der Waals surface area contributed by atoms with Crippen LogP contribution in [-0.2, 0) is 16.6 Å². The number of piperidine rings is 1. The number of aromatic nitrogens is 4. The lowest BCUT2D eigenvalue weighted by Crippen LogP contribution is -2.39. The zero-order valence-electron chi connectivity index (χ0n) is 18.4. The minimum atomic E-state index is -3.99. The third-order valence-electron chi connectivity index (χ3n) is 5.98. The molecule has 12 heteroatoms. The Morgan fingerprint density at radius 1 is 1.14 bits per heavy atom. The fourth-order valence-corrected chi connectivity index (χ4v) is 6.06. The van der Waals surface area contributed by atoms with E-state index in [9.17, 15) is 17.2 Å². The molecule has 0 saturated carbocycles. The third kappa shape index (κ3) is 4.78. The molecular formula is C23H21BrF2N6O2S. The summed E-state index contributed by atoms with van der Waals surface area (Å²) >= 11 is 3.49.